The summed E-state index contributed by atoms with van der Waals surface area (Å²) >= 11 is 6.97. The average molecular weight is 978 g/mol. The molecule has 0 radical (unpaired) electrons. The van der Waals surface area contributed by atoms with E-state index in [1.807, 2.05) is 30.9 Å². The number of nitrogens with zero attached hydrogens (tertiary/aromatic N) is 7. The van der Waals surface area contributed by atoms with Gasteiger partial charge in [-0.15, -0.1) is 10.2 Å². The van der Waals surface area contributed by atoms with Crippen LogP contribution in [0.5, 0.6) is 0 Å². The van der Waals surface area contributed by atoms with Gasteiger partial charge in [0, 0.05) is 41.0 Å². The number of pyridine rings is 1. The van der Waals surface area contributed by atoms with Crippen molar-refractivity contribution in [2.24, 2.45) is 16.2 Å². The number of hydrogen-bond donors (Lipinski definition) is 2. The number of aromatic carboxylic acids is 1. The standard InChI is InChI=1S/C40H44FN8O3S.C4H8.HI.Ni/c1-6-52-40-19-37(4)16-38(5,20-40)18-39(17-37,21-40)22-49-24(3)28(15-42-49)27-10-12-31(44-32(27)35(50)51)48-13-7-8-26-23(2)33(46-47-34(26)48)45-36-43-29-11-9-25(41)14-30(29)53-36;1-3-4-2;;/h9-12,14-15H,1,6-8,13,16-22H2,2-5H3,(H,50,51)(H,43,45,46);1-4H2;1H;/q-1;-2;;+1/p-1. The maximum atomic E-state index is 13.8. The third-order valence-corrected chi connectivity index (χ3v) is 13.4. The summed E-state index contributed by atoms with van der Waals surface area (Å²) in [7, 11) is 0. The number of rotatable bonds is 10. The summed E-state index contributed by atoms with van der Waals surface area (Å²) in [6.45, 7) is 21.9. The Balaban J connectivity index is 0.000000832. The van der Waals surface area contributed by atoms with Crippen LogP contribution >= 0.6 is 31.8 Å². The van der Waals surface area contributed by atoms with Gasteiger partial charge in [0.2, 0.25) is 0 Å². The molecular weight excluding hydrogens is 925 g/mol. The van der Waals surface area contributed by atoms with Crippen molar-refractivity contribution in [1.82, 2.24) is 29.9 Å². The Morgan fingerprint density at radius 3 is 2.41 bits per heavy atom. The molecule has 4 aliphatic carbocycles. The number of ether oxygens (including phenoxy) is 1. The van der Waals surface area contributed by atoms with Gasteiger partial charge in [0.15, 0.2) is 22.5 Å². The van der Waals surface area contributed by atoms with Crippen molar-refractivity contribution >= 4 is 70.6 Å². The van der Waals surface area contributed by atoms with Crippen LogP contribution in [0, 0.1) is 56.7 Å². The van der Waals surface area contributed by atoms with Gasteiger partial charge >= 0.3 is 38.7 Å². The van der Waals surface area contributed by atoms with Gasteiger partial charge in [0.25, 0.3) is 0 Å². The number of hydrogen-bond acceptors (Lipinski definition) is 10. The Morgan fingerprint density at radius 1 is 1.00 bits per heavy atom. The van der Waals surface area contributed by atoms with Crippen molar-refractivity contribution in [3.8, 4) is 11.1 Å². The fourth-order valence-electron chi connectivity index (χ4n) is 11.5. The Morgan fingerprint density at radius 2 is 1.73 bits per heavy atom. The number of anilines is 4. The summed E-state index contributed by atoms with van der Waals surface area (Å²) in [6, 6.07) is 8.25. The van der Waals surface area contributed by atoms with Gasteiger partial charge in [-0.1, -0.05) is 31.8 Å². The molecule has 0 spiro atoms. The number of carboxylic acids is 1. The third kappa shape index (κ3) is 8.64. The van der Waals surface area contributed by atoms with Crippen LogP contribution in [0.4, 0.5) is 27.0 Å². The molecule has 59 heavy (non-hydrogen) atoms. The van der Waals surface area contributed by atoms with Crippen LogP contribution in [0.25, 0.3) is 21.3 Å². The summed E-state index contributed by atoms with van der Waals surface area (Å²) in [5, 5.41) is 28.4. The van der Waals surface area contributed by atoms with Crippen molar-refractivity contribution in [2.75, 3.05) is 23.4 Å². The number of fused-ring (bicyclic) bond motifs is 2. The molecule has 4 saturated carbocycles. The molecular formula is C44H52FIN8NiO3S-3. The SMILES string of the molecule is [CH2-]CC[CH2-].[CH2-]COC12CC3(C)CC(C)(CC(Cn4ncc(-c5ccc(N6CCCc7c6nnc(Nc6nc8ccc(F)cc8s6)c7C)nc5C(=O)O)c4C)(C3)C1)C2.[Ni][I]. The molecule has 0 saturated heterocycles. The topological polar surface area (TPSA) is 131 Å². The van der Waals surface area contributed by atoms with E-state index in [1.54, 1.807) is 32.7 Å². The van der Waals surface area contributed by atoms with E-state index in [0.717, 1.165) is 91.4 Å². The van der Waals surface area contributed by atoms with Gasteiger partial charge in [-0.3, -0.25) is 4.68 Å². The Kier molecular flexibility index (Phi) is 12.8. The Bertz CT molecular complexity index is 2330. The van der Waals surface area contributed by atoms with E-state index in [4.69, 9.17) is 14.8 Å². The second-order valence-electron chi connectivity index (χ2n) is 17.6. The van der Waals surface area contributed by atoms with Gasteiger partial charge in [0.1, 0.15) is 11.6 Å². The number of halogens is 2. The number of nitrogens with one attached hydrogen (secondary N) is 1. The van der Waals surface area contributed by atoms with Gasteiger partial charge in [-0.25, -0.2) is 32.0 Å². The fraction of sp³-hybridized carbons (Fsp3) is 0.477. The minimum absolute atomic E-state index is 0.0230. The van der Waals surface area contributed by atoms with Crippen molar-refractivity contribution in [1.29, 1.82) is 0 Å². The van der Waals surface area contributed by atoms with E-state index in [0.29, 0.717) is 46.8 Å². The van der Waals surface area contributed by atoms with Gasteiger partial charge in [-0.05, 0) is 112 Å². The van der Waals surface area contributed by atoms with Gasteiger partial charge < -0.3 is 40.8 Å². The molecule has 5 heterocycles. The molecule has 1 aliphatic heterocycles. The molecule has 11 nitrogen and oxygen atoms in total. The van der Waals surface area contributed by atoms with Gasteiger partial charge in [0.05, 0.1) is 22.0 Å². The maximum absolute atomic E-state index is 13.8. The first-order chi connectivity index (χ1) is 28.2. The fourth-order valence-corrected chi connectivity index (χ4v) is 12.4. The first-order valence-electron chi connectivity index (χ1n) is 20.1. The van der Waals surface area contributed by atoms with E-state index >= 15 is 0 Å². The van der Waals surface area contributed by atoms with E-state index in [1.165, 1.54) is 29.9 Å². The molecule has 5 aromatic rings. The summed E-state index contributed by atoms with van der Waals surface area (Å²) in [5.74, 6) is 0.337. The first kappa shape index (κ1) is 43.8. The predicted molar refractivity (Wildman–Crippen MR) is 236 cm³/mol. The van der Waals surface area contributed by atoms with Crippen LogP contribution in [0.3, 0.4) is 0 Å². The molecule has 2 N–H and O–H groups in total. The van der Waals surface area contributed by atoms with Crippen molar-refractivity contribution in [3.63, 3.8) is 0 Å². The van der Waals surface area contributed by atoms with E-state index in [2.05, 4.69) is 72.1 Å². The van der Waals surface area contributed by atoms with Crippen LogP contribution < -0.4 is 10.2 Å². The molecule has 0 amide bonds. The predicted octanol–water partition coefficient (Wildman–Crippen LogP) is 10.9. The molecule has 319 valence electrons. The number of carbonyl (C=O) groups is 1. The monoisotopic (exact) mass is 976 g/mol. The summed E-state index contributed by atoms with van der Waals surface area (Å²) in [5.41, 5.74) is 5.25. The van der Waals surface area contributed by atoms with Crippen LogP contribution in [0.1, 0.15) is 98.9 Å². The Labute approximate surface area is 370 Å². The zero-order valence-electron chi connectivity index (χ0n) is 34.2. The van der Waals surface area contributed by atoms with E-state index in [9.17, 15) is 14.3 Å². The quantitative estimate of drug-likeness (QED) is 0.0792. The molecule has 1 aromatic carbocycles. The van der Waals surface area contributed by atoms with Crippen LogP contribution in [-0.4, -0.2) is 59.8 Å². The number of unbranched alkanes of at least 4 members (excludes halogenated alkanes) is 1. The summed E-state index contributed by atoms with van der Waals surface area (Å²) < 4.78 is 23.1. The molecule has 15 heteroatoms. The summed E-state index contributed by atoms with van der Waals surface area (Å²) in [4.78, 5) is 24.1. The first-order valence-corrected chi connectivity index (χ1v) is 24.1. The third-order valence-electron chi connectivity index (χ3n) is 12.5. The molecule has 5 aliphatic rings. The molecule has 2 atom stereocenters. The van der Waals surface area contributed by atoms with E-state index in [-0.39, 0.29) is 33.4 Å². The number of benzene rings is 1. The molecule has 10 rings (SSSR count). The van der Waals surface area contributed by atoms with Crippen molar-refractivity contribution in [3.05, 3.63) is 85.6 Å². The Hall–Kier alpha value is -3.27. The molecule has 4 fully saturated rings. The van der Waals surface area contributed by atoms with Gasteiger partial charge in [-0.2, -0.15) is 5.10 Å². The van der Waals surface area contributed by atoms with E-state index < -0.39 is 5.97 Å². The number of thiazole rings is 1. The second kappa shape index (κ2) is 17.2. The number of aromatic nitrogens is 6. The normalized spacial score (nSPS) is 25.2. The van der Waals surface area contributed by atoms with Crippen LogP contribution in [0.2, 0.25) is 0 Å². The van der Waals surface area contributed by atoms with Crippen LogP contribution in [0.15, 0.2) is 36.5 Å². The van der Waals surface area contributed by atoms with Crippen molar-refractivity contribution < 1.29 is 31.3 Å². The minimum atomic E-state index is -1.10. The molecule has 4 aromatic heterocycles. The molecule has 4 bridgehead atoms. The summed E-state index contributed by atoms with van der Waals surface area (Å²) in [6.07, 6.45) is 12.0. The number of carboxylic acid groups (broad SMARTS) is 1. The van der Waals surface area contributed by atoms with Crippen molar-refractivity contribution in [2.45, 2.75) is 104 Å². The zero-order chi connectivity index (χ0) is 42.3. The molecule has 2 unspecified atom stereocenters. The zero-order valence-corrected chi connectivity index (χ0v) is 38.1. The van der Waals surface area contributed by atoms with Crippen LogP contribution in [-0.2, 0) is 30.0 Å². The average Bonchev–Trinajstić information content (AvgIpc) is 3.75. The second-order valence-corrected chi connectivity index (χ2v) is 18.6.